The maximum atomic E-state index is 11.7. The average Bonchev–Trinajstić information content (AvgIpc) is 2.51. The lowest BCUT2D eigenvalue weighted by molar-refractivity contribution is -0.137. The fourth-order valence-electron chi connectivity index (χ4n) is 2.16. The minimum absolute atomic E-state index is 0.0130. The first-order valence-electron chi connectivity index (χ1n) is 6.20. The highest BCUT2D eigenvalue weighted by atomic mass is 16.4. The molecule has 8 heteroatoms. The van der Waals surface area contributed by atoms with Crippen molar-refractivity contribution in [1.29, 1.82) is 0 Å². The summed E-state index contributed by atoms with van der Waals surface area (Å²) in [6.45, 7) is 0. The van der Waals surface area contributed by atoms with Crippen molar-refractivity contribution in [2.75, 3.05) is 0 Å². The molecule has 22 heavy (non-hydrogen) atoms. The molecule has 0 aliphatic rings. The van der Waals surface area contributed by atoms with E-state index in [1.807, 2.05) is 0 Å². The van der Waals surface area contributed by atoms with Crippen molar-refractivity contribution in [3.8, 4) is 0 Å². The second-order valence-electron chi connectivity index (χ2n) is 4.28. The molecule has 8 nitrogen and oxygen atoms in total. The summed E-state index contributed by atoms with van der Waals surface area (Å²) < 4.78 is 0. The molecule has 0 aliphatic heterocycles. The third-order valence-corrected chi connectivity index (χ3v) is 3.03. The van der Waals surface area contributed by atoms with Gasteiger partial charge in [-0.3, -0.25) is 4.79 Å². The van der Waals surface area contributed by atoms with Gasteiger partial charge < -0.3 is 5.11 Å². The molecule has 2 aromatic carbocycles. The second-order valence-corrected chi connectivity index (χ2v) is 4.28. The van der Waals surface area contributed by atoms with Gasteiger partial charge in [0.05, 0.1) is 5.69 Å². The number of nitrogens with zero attached hydrogens (tertiary/aromatic N) is 6. The third-order valence-electron chi connectivity index (χ3n) is 3.03. The van der Waals surface area contributed by atoms with E-state index in [-0.39, 0.29) is 16.9 Å². The van der Waals surface area contributed by atoms with Gasteiger partial charge in [0.15, 0.2) is 0 Å². The smallest absolute Gasteiger partial charge is 0.315 e. The summed E-state index contributed by atoms with van der Waals surface area (Å²) in [6.07, 6.45) is 0. The fourth-order valence-corrected chi connectivity index (χ4v) is 2.16. The van der Waals surface area contributed by atoms with Crippen LogP contribution in [0.4, 0.5) is 11.4 Å². The van der Waals surface area contributed by atoms with Gasteiger partial charge in [-0.2, -0.15) is 0 Å². The van der Waals surface area contributed by atoms with Gasteiger partial charge in [0.1, 0.15) is 5.92 Å². The summed E-state index contributed by atoms with van der Waals surface area (Å²) in [5, 5.41) is 16.5. The van der Waals surface area contributed by atoms with Gasteiger partial charge in [-0.25, -0.2) is 0 Å². The van der Waals surface area contributed by atoms with Crippen molar-refractivity contribution in [2.45, 2.75) is 5.92 Å². The molecule has 0 radical (unpaired) electrons. The van der Waals surface area contributed by atoms with E-state index in [1.165, 1.54) is 12.1 Å². The quantitative estimate of drug-likeness (QED) is 0.482. The molecule has 108 valence electrons. The van der Waals surface area contributed by atoms with Crippen molar-refractivity contribution < 1.29 is 9.90 Å². The van der Waals surface area contributed by atoms with Crippen LogP contribution in [0.3, 0.4) is 0 Å². The fraction of sp³-hybridized carbons (Fsp3) is 0.0714. The van der Waals surface area contributed by atoms with Crippen LogP contribution in [-0.2, 0) is 4.79 Å². The number of carbonyl (C=O) groups is 1. The van der Waals surface area contributed by atoms with E-state index in [9.17, 15) is 9.90 Å². The number of rotatable bonds is 5. The molecule has 1 atom stereocenters. The molecule has 0 bridgehead atoms. The number of hydrogen-bond donors (Lipinski definition) is 1. The first kappa shape index (κ1) is 14.9. The Hall–Kier alpha value is -3.47. The first-order chi connectivity index (χ1) is 10.7. The van der Waals surface area contributed by atoms with Crippen LogP contribution in [0.1, 0.15) is 17.0 Å². The highest BCUT2D eigenvalue weighted by Crippen LogP contribution is 2.39. The van der Waals surface area contributed by atoms with Gasteiger partial charge in [-0.05, 0) is 22.2 Å². The van der Waals surface area contributed by atoms with E-state index in [0.29, 0.717) is 5.56 Å². The van der Waals surface area contributed by atoms with Crippen LogP contribution in [0.15, 0.2) is 58.8 Å². The molecule has 2 rings (SSSR count). The number of azide groups is 2. The molecule has 0 amide bonds. The zero-order chi connectivity index (χ0) is 15.9. The molecule has 0 saturated carbocycles. The highest BCUT2D eigenvalue weighted by molar-refractivity contribution is 5.84. The molecular formula is C14H10N6O2. The molecule has 0 fully saturated rings. The summed E-state index contributed by atoms with van der Waals surface area (Å²) in [5.41, 5.74) is 18.2. The minimum Gasteiger partial charge on any atom is -0.481 e. The standard InChI is InChI=1S/C14H10N6O2/c15-19-17-11-8-4-7-10(13(11)18-20-16)12(14(21)22)9-5-2-1-3-6-9/h1-8,12H,(H,21,22). The molecule has 1 unspecified atom stereocenters. The Morgan fingerprint density at radius 3 is 2.27 bits per heavy atom. The van der Waals surface area contributed by atoms with Crippen LogP contribution in [0.2, 0.25) is 0 Å². The van der Waals surface area contributed by atoms with Crippen LogP contribution in [0, 0.1) is 0 Å². The zero-order valence-corrected chi connectivity index (χ0v) is 11.2. The molecule has 2 aromatic rings. The predicted octanol–water partition coefficient (Wildman–Crippen LogP) is 4.79. The van der Waals surface area contributed by atoms with E-state index in [2.05, 4.69) is 20.1 Å². The molecule has 0 saturated heterocycles. The summed E-state index contributed by atoms with van der Waals surface area (Å²) in [7, 11) is 0. The lowest BCUT2D eigenvalue weighted by atomic mass is 9.90. The van der Waals surface area contributed by atoms with Crippen molar-refractivity contribution in [3.05, 3.63) is 80.5 Å². The molecule has 1 N–H and O–H groups in total. The Morgan fingerprint density at radius 2 is 1.68 bits per heavy atom. The molecule has 0 heterocycles. The average molecular weight is 294 g/mol. The first-order valence-corrected chi connectivity index (χ1v) is 6.20. The maximum absolute atomic E-state index is 11.7. The van der Waals surface area contributed by atoms with Crippen LogP contribution >= 0.6 is 0 Å². The van der Waals surface area contributed by atoms with E-state index in [1.54, 1.807) is 36.4 Å². The van der Waals surface area contributed by atoms with Crippen LogP contribution in [0.25, 0.3) is 20.9 Å². The van der Waals surface area contributed by atoms with Crippen molar-refractivity contribution in [1.82, 2.24) is 0 Å². The Balaban J connectivity index is 2.72. The lowest BCUT2D eigenvalue weighted by Crippen LogP contribution is -2.13. The Bertz CT molecular complexity index is 792. The monoisotopic (exact) mass is 294 g/mol. The largest absolute Gasteiger partial charge is 0.481 e. The SMILES string of the molecule is [N-]=[N+]=Nc1cccc(C(C(=O)O)c2ccccc2)c1N=[N+]=[N-]. The molecule has 0 spiro atoms. The van der Waals surface area contributed by atoms with Crippen LogP contribution in [0.5, 0.6) is 0 Å². The summed E-state index contributed by atoms with van der Waals surface area (Å²) in [5.74, 6) is -2.13. The Labute approximate surface area is 124 Å². The number of aliphatic carboxylic acids is 1. The second kappa shape index (κ2) is 6.81. The number of hydrogen-bond acceptors (Lipinski definition) is 3. The van der Waals surface area contributed by atoms with Gasteiger partial charge >= 0.3 is 5.97 Å². The zero-order valence-electron chi connectivity index (χ0n) is 11.2. The summed E-state index contributed by atoms with van der Waals surface area (Å²) in [4.78, 5) is 17.0. The number of benzene rings is 2. The van der Waals surface area contributed by atoms with E-state index in [0.717, 1.165) is 0 Å². The molecule has 0 aromatic heterocycles. The van der Waals surface area contributed by atoms with Crippen molar-refractivity contribution in [3.63, 3.8) is 0 Å². The van der Waals surface area contributed by atoms with E-state index >= 15 is 0 Å². The molecule has 0 aliphatic carbocycles. The van der Waals surface area contributed by atoms with Crippen LogP contribution in [-0.4, -0.2) is 11.1 Å². The highest BCUT2D eigenvalue weighted by Gasteiger charge is 2.25. The number of carboxylic acids is 1. The van der Waals surface area contributed by atoms with Crippen molar-refractivity contribution >= 4 is 17.3 Å². The van der Waals surface area contributed by atoms with Gasteiger partial charge in [0.2, 0.25) is 0 Å². The predicted molar refractivity (Wildman–Crippen MR) is 80.0 cm³/mol. The maximum Gasteiger partial charge on any atom is 0.315 e. The van der Waals surface area contributed by atoms with E-state index in [4.69, 9.17) is 11.1 Å². The minimum atomic E-state index is -1.10. The summed E-state index contributed by atoms with van der Waals surface area (Å²) in [6, 6.07) is 13.1. The number of carboxylic acid groups (broad SMARTS) is 1. The normalized spacial score (nSPS) is 10.9. The van der Waals surface area contributed by atoms with E-state index < -0.39 is 11.9 Å². The van der Waals surface area contributed by atoms with Crippen molar-refractivity contribution in [2.24, 2.45) is 10.2 Å². The molecular weight excluding hydrogens is 284 g/mol. The van der Waals surface area contributed by atoms with Crippen LogP contribution < -0.4 is 0 Å². The summed E-state index contributed by atoms with van der Waals surface area (Å²) >= 11 is 0. The topological polar surface area (TPSA) is 135 Å². The Morgan fingerprint density at radius 1 is 1.00 bits per heavy atom. The van der Waals surface area contributed by atoms with Gasteiger partial charge in [0, 0.05) is 15.5 Å². The lowest BCUT2D eigenvalue weighted by Gasteiger charge is -2.16. The Kier molecular flexibility index (Phi) is 4.62. The van der Waals surface area contributed by atoms with Gasteiger partial charge in [0.25, 0.3) is 0 Å². The third kappa shape index (κ3) is 2.99. The van der Waals surface area contributed by atoms with Gasteiger partial charge in [-0.15, -0.1) is 0 Å². The van der Waals surface area contributed by atoms with Gasteiger partial charge in [-0.1, -0.05) is 58.8 Å².